The molecule has 0 heterocycles. The molecule has 0 saturated heterocycles. The highest BCUT2D eigenvalue weighted by molar-refractivity contribution is 5.18. The van der Waals surface area contributed by atoms with Crippen molar-refractivity contribution in [1.29, 1.82) is 0 Å². The van der Waals surface area contributed by atoms with Crippen molar-refractivity contribution >= 4 is 0 Å². The fourth-order valence-corrected chi connectivity index (χ4v) is 5.67. The third kappa shape index (κ3) is 2.92. The first-order chi connectivity index (χ1) is 10.5. The van der Waals surface area contributed by atoms with E-state index in [1.54, 1.807) is 6.92 Å². The van der Waals surface area contributed by atoms with Crippen molar-refractivity contribution in [2.75, 3.05) is 0 Å². The lowest BCUT2D eigenvalue weighted by Gasteiger charge is -2.64. The van der Waals surface area contributed by atoms with E-state index in [4.69, 9.17) is 0 Å². The molecule has 2 fully saturated rings. The number of allylic oxidation sites excluding steroid dienone is 3. The molecule has 0 aromatic carbocycles. The molecule has 0 radical (unpaired) electrons. The van der Waals surface area contributed by atoms with Gasteiger partial charge in [0.05, 0.1) is 11.7 Å². The number of rotatable bonds is 3. The van der Waals surface area contributed by atoms with Crippen molar-refractivity contribution in [1.82, 2.24) is 0 Å². The first-order valence-electron chi connectivity index (χ1n) is 8.86. The monoisotopic (exact) mass is 322 g/mol. The zero-order valence-corrected chi connectivity index (χ0v) is 15.3. The molecule has 2 aliphatic rings. The summed E-state index contributed by atoms with van der Waals surface area (Å²) >= 11 is 0. The van der Waals surface area contributed by atoms with Crippen molar-refractivity contribution in [3.63, 3.8) is 0 Å². The van der Waals surface area contributed by atoms with E-state index < -0.39 is 17.8 Å². The number of fused-ring (bicyclic) bond motifs is 1. The van der Waals surface area contributed by atoms with Crippen LogP contribution in [0.5, 0.6) is 0 Å². The van der Waals surface area contributed by atoms with Crippen molar-refractivity contribution in [3.8, 4) is 0 Å². The van der Waals surface area contributed by atoms with Gasteiger partial charge in [-0.3, -0.25) is 0 Å². The zero-order valence-electron chi connectivity index (χ0n) is 15.3. The van der Waals surface area contributed by atoms with Crippen LogP contribution in [-0.2, 0) is 0 Å². The van der Waals surface area contributed by atoms with E-state index in [0.717, 1.165) is 24.8 Å². The van der Waals surface area contributed by atoms with Crippen LogP contribution in [0.1, 0.15) is 60.3 Å². The molecule has 0 aliphatic heterocycles. The first-order valence-corrected chi connectivity index (χ1v) is 8.86. The Kier molecular flexibility index (Phi) is 4.89. The topological polar surface area (TPSA) is 60.7 Å². The van der Waals surface area contributed by atoms with E-state index in [2.05, 4.69) is 33.4 Å². The Morgan fingerprint density at radius 3 is 2.35 bits per heavy atom. The second-order valence-electron chi connectivity index (χ2n) is 8.93. The van der Waals surface area contributed by atoms with Gasteiger partial charge in [0, 0.05) is 0 Å². The summed E-state index contributed by atoms with van der Waals surface area (Å²) in [6, 6.07) is 0. The molecule has 2 rings (SSSR count). The maximum atomic E-state index is 11.1. The van der Waals surface area contributed by atoms with Crippen LogP contribution in [-0.4, -0.2) is 33.1 Å². The fraction of sp³-hybridized carbons (Fsp3) is 0.800. The highest BCUT2D eigenvalue weighted by Gasteiger charge is 2.64. The minimum atomic E-state index is -1.30. The molecular weight excluding hydrogens is 288 g/mol. The highest BCUT2D eigenvalue weighted by Crippen LogP contribution is 2.62. The Morgan fingerprint density at radius 1 is 1.17 bits per heavy atom. The molecule has 3 heteroatoms. The van der Waals surface area contributed by atoms with Gasteiger partial charge in [-0.15, -0.1) is 0 Å². The Labute approximate surface area is 141 Å². The van der Waals surface area contributed by atoms with Crippen LogP contribution in [0, 0.1) is 22.7 Å². The van der Waals surface area contributed by atoms with Gasteiger partial charge in [0.15, 0.2) is 0 Å². The summed E-state index contributed by atoms with van der Waals surface area (Å²) in [6.07, 6.45) is 5.73. The minimum absolute atomic E-state index is 0.0126. The van der Waals surface area contributed by atoms with E-state index in [9.17, 15) is 15.3 Å². The van der Waals surface area contributed by atoms with Crippen molar-refractivity contribution < 1.29 is 15.3 Å². The molecule has 2 aliphatic carbocycles. The summed E-state index contributed by atoms with van der Waals surface area (Å²) in [5.74, 6) is -0.103. The standard InChI is InChI=1S/C20H34O3/c1-7-13(2)9-10-14-19(5)12-8-11-18(3,4)16(19)15(21)17(22)20(14,6)23/h7,9,14-17,21-23H,1,8,10-12H2,2-6H3/t14-,15?,16+,17?,19-,20+/m1/s1. The zero-order chi connectivity index (χ0) is 17.6. The Morgan fingerprint density at radius 2 is 1.78 bits per heavy atom. The summed E-state index contributed by atoms with van der Waals surface area (Å²) in [4.78, 5) is 0. The van der Waals surface area contributed by atoms with E-state index in [1.165, 1.54) is 0 Å². The van der Waals surface area contributed by atoms with Gasteiger partial charge in [0.25, 0.3) is 0 Å². The summed E-state index contributed by atoms with van der Waals surface area (Å²) in [6.45, 7) is 14.0. The quantitative estimate of drug-likeness (QED) is 0.698. The smallest absolute Gasteiger partial charge is 0.109 e. The Bertz CT molecular complexity index is 491. The van der Waals surface area contributed by atoms with Gasteiger partial charge in [-0.25, -0.2) is 0 Å². The molecule has 132 valence electrons. The van der Waals surface area contributed by atoms with Gasteiger partial charge in [0.1, 0.15) is 6.10 Å². The molecule has 3 nitrogen and oxygen atoms in total. The maximum Gasteiger partial charge on any atom is 0.109 e. The van der Waals surface area contributed by atoms with E-state index in [0.29, 0.717) is 6.42 Å². The van der Waals surface area contributed by atoms with Gasteiger partial charge in [-0.05, 0) is 55.8 Å². The maximum absolute atomic E-state index is 11.1. The molecule has 0 aromatic rings. The molecule has 2 saturated carbocycles. The number of aliphatic hydroxyl groups is 3. The minimum Gasteiger partial charge on any atom is -0.390 e. The molecule has 6 atom stereocenters. The van der Waals surface area contributed by atoms with Crippen molar-refractivity contribution in [2.45, 2.75) is 78.1 Å². The van der Waals surface area contributed by atoms with E-state index in [-0.39, 0.29) is 22.7 Å². The predicted octanol–water partition coefficient (Wildman–Crippen LogP) is 3.44. The van der Waals surface area contributed by atoms with Crippen LogP contribution in [0.15, 0.2) is 24.3 Å². The van der Waals surface area contributed by atoms with E-state index >= 15 is 0 Å². The average molecular weight is 322 g/mol. The lowest BCUT2D eigenvalue weighted by molar-refractivity contribution is -0.265. The SMILES string of the molecule is C=CC(C)=CC[C@@H]1[C@@]2(C)CCCC(C)(C)[C@@H]2C(O)C(O)[C@@]1(C)O. The first kappa shape index (κ1) is 18.7. The summed E-state index contributed by atoms with van der Waals surface area (Å²) in [5.41, 5.74) is -0.450. The fourth-order valence-electron chi connectivity index (χ4n) is 5.67. The van der Waals surface area contributed by atoms with Gasteiger partial charge in [-0.1, -0.05) is 51.5 Å². The van der Waals surface area contributed by atoms with Crippen LogP contribution in [0.3, 0.4) is 0 Å². The molecular formula is C20H34O3. The van der Waals surface area contributed by atoms with Crippen LogP contribution in [0.25, 0.3) is 0 Å². The van der Waals surface area contributed by atoms with E-state index in [1.807, 2.05) is 13.0 Å². The number of aliphatic hydroxyl groups excluding tert-OH is 2. The molecule has 0 bridgehead atoms. The second-order valence-corrected chi connectivity index (χ2v) is 8.93. The largest absolute Gasteiger partial charge is 0.390 e. The summed E-state index contributed by atoms with van der Waals surface area (Å²) in [7, 11) is 0. The number of hydrogen-bond acceptors (Lipinski definition) is 3. The number of hydrogen-bond donors (Lipinski definition) is 3. The predicted molar refractivity (Wildman–Crippen MR) is 93.9 cm³/mol. The molecule has 0 amide bonds. The lowest BCUT2D eigenvalue weighted by Crippen LogP contribution is -2.69. The molecule has 0 aromatic heterocycles. The third-order valence-corrected chi connectivity index (χ3v) is 6.85. The second kappa shape index (κ2) is 6.02. The Balaban J connectivity index is 2.49. The molecule has 2 unspecified atom stereocenters. The molecule has 3 N–H and O–H groups in total. The van der Waals surface area contributed by atoms with Crippen molar-refractivity contribution in [3.05, 3.63) is 24.3 Å². The van der Waals surface area contributed by atoms with Crippen LogP contribution in [0.4, 0.5) is 0 Å². The summed E-state index contributed by atoms with van der Waals surface area (Å²) < 4.78 is 0. The van der Waals surface area contributed by atoms with Gasteiger partial charge in [-0.2, -0.15) is 0 Å². The van der Waals surface area contributed by atoms with Gasteiger partial charge < -0.3 is 15.3 Å². The average Bonchev–Trinajstić information content (AvgIpc) is 2.43. The summed E-state index contributed by atoms with van der Waals surface area (Å²) in [5, 5.41) is 32.5. The highest BCUT2D eigenvalue weighted by atomic mass is 16.4. The third-order valence-electron chi connectivity index (χ3n) is 6.85. The molecule has 0 spiro atoms. The normalized spacial score (nSPS) is 47.0. The van der Waals surface area contributed by atoms with Gasteiger partial charge in [0.2, 0.25) is 0 Å². The van der Waals surface area contributed by atoms with Gasteiger partial charge >= 0.3 is 0 Å². The van der Waals surface area contributed by atoms with Crippen LogP contribution >= 0.6 is 0 Å². The van der Waals surface area contributed by atoms with Crippen LogP contribution < -0.4 is 0 Å². The lowest BCUT2D eigenvalue weighted by atomic mass is 9.43. The van der Waals surface area contributed by atoms with Crippen molar-refractivity contribution in [2.24, 2.45) is 22.7 Å². The van der Waals surface area contributed by atoms with Crippen LogP contribution in [0.2, 0.25) is 0 Å². The molecule has 23 heavy (non-hydrogen) atoms. The Hall–Kier alpha value is -0.640.